The molecule has 0 spiro atoms. The average Bonchev–Trinajstić information content (AvgIpc) is 2.37. The molecule has 0 amide bonds. The van der Waals surface area contributed by atoms with Crippen molar-refractivity contribution in [3.63, 3.8) is 0 Å². The number of hydrogen-bond donors (Lipinski definition) is 2. The van der Waals surface area contributed by atoms with Gasteiger partial charge in [0.25, 0.3) is 0 Å². The van der Waals surface area contributed by atoms with Gasteiger partial charge in [-0.1, -0.05) is 12.1 Å². The lowest BCUT2D eigenvalue weighted by Gasteiger charge is -2.29. The van der Waals surface area contributed by atoms with Gasteiger partial charge in [0.05, 0.1) is 19.6 Å². The first-order valence-electron chi connectivity index (χ1n) is 5.56. The molecule has 1 atom stereocenters. The van der Waals surface area contributed by atoms with Crippen molar-refractivity contribution in [3.05, 3.63) is 23.8 Å². The van der Waals surface area contributed by atoms with Crippen molar-refractivity contribution >= 4 is 5.97 Å². The molecule has 0 saturated heterocycles. The quantitative estimate of drug-likeness (QED) is 0.796. The number of phenols is 1. The average molecular weight is 253 g/mol. The van der Waals surface area contributed by atoms with Gasteiger partial charge in [0.1, 0.15) is 0 Å². The summed E-state index contributed by atoms with van der Waals surface area (Å²) in [6, 6.07) is 4.30. The highest BCUT2D eigenvalue weighted by atomic mass is 16.5. The van der Waals surface area contributed by atoms with Crippen molar-refractivity contribution in [1.82, 2.24) is 0 Å². The van der Waals surface area contributed by atoms with Crippen molar-refractivity contribution in [3.8, 4) is 11.5 Å². The standard InChI is InChI=1S/C13H19NO4/c1-13(2,12(16)18-4)11(14)8-6-5-7-9(17-3)10(8)15/h5-7,11,15H,14H2,1-4H3/t11-/m1/s1. The maximum Gasteiger partial charge on any atom is 0.313 e. The van der Waals surface area contributed by atoms with Crippen LogP contribution in [0.3, 0.4) is 0 Å². The minimum Gasteiger partial charge on any atom is -0.504 e. The second-order valence-corrected chi connectivity index (χ2v) is 4.59. The number of hydrogen-bond acceptors (Lipinski definition) is 5. The van der Waals surface area contributed by atoms with Crippen LogP contribution in [0.25, 0.3) is 0 Å². The normalized spacial score (nSPS) is 12.9. The zero-order chi connectivity index (χ0) is 13.9. The lowest BCUT2D eigenvalue weighted by atomic mass is 9.80. The van der Waals surface area contributed by atoms with Crippen LogP contribution in [0.5, 0.6) is 11.5 Å². The van der Waals surface area contributed by atoms with E-state index in [1.54, 1.807) is 32.0 Å². The summed E-state index contributed by atoms with van der Waals surface area (Å²) >= 11 is 0. The van der Waals surface area contributed by atoms with Crippen LogP contribution in [-0.4, -0.2) is 25.3 Å². The molecule has 0 radical (unpaired) electrons. The number of ether oxygens (including phenoxy) is 2. The lowest BCUT2D eigenvalue weighted by molar-refractivity contribution is -0.152. The van der Waals surface area contributed by atoms with Gasteiger partial charge in [-0.25, -0.2) is 0 Å². The fraction of sp³-hybridized carbons (Fsp3) is 0.462. The number of rotatable bonds is 4. The molecule has 0 aromatic heterocycles. The van der Waals surface area contributed by atoms with Crippen LogP contribution in [0, 0.1) is 5.41 Å². The van der Waals surface area contributed by atoms with E-state index in [2.05, 4.69) is 0 Å². The Labute approximate surface area is 107 Å². The molecule has 5 nitrogen and oxygen atoms in total. The Morgan fingerprint density at radius 3 is 2.50 bits per heavy atom. The number of aromatic hydroxyl groups is 1. The third-order valence-electron chi connectivity index (χ3n) is 3.07. The van der Waals surface area contributed by atoms with Crippen molar-refractivity contribution in [2.75, 3.05) is 14.2 Å². The van der Waals surface area contributed by atoms with Crippen molar-refractivity contribution in [2.45, 2.75) is 19.9 Å². The molecule has 1 aromatic carbocycles. The Balaban J connectivity index is 3.18. The minimum absolute atomic E-state index is 0.0514. The van der Waals surface area contributed by atoms with E-state index in [0.29, 0.717) is 11.3 Å². The molecule has 0 fully saturated rings. The van der Waals surface area contributed by atoms with Crippen LogP contribution in [0.4, 0.5) is 0 Å². The summed E-state index contributed by atoms with van der Waals surface area (Å²) in [5, 5.41) is 10.0. The Kier molecular flexibility index (Phi) is 4.19. The number of carbonyl (C=O) groups is 1. The third kappa shape index (κ3) is 2.41. The minimum atomic E-state index is -0.946. The van der Waals surface area contributed by atoms with Gasteiger partial charge >= 0.3 is 5.97 Å². The summed E-state index contributed by atoms with van der Waals surface area (Å²) in [6.45, 7) is 3.34. The molecule has 18 heavy (non-hydrogen) atoms. The van der Waals surface area contributed by atoms with E-state index in [0.717, 1.165) is 0 Å². The smallest absolute Gasteiger partial charge is 0.313 e. The van der Waals surface area contributed by atoms with Crippen LogP contribution >= 0.6 is 0 Å². The van der Waals surface area contributed by atoms with E-state index < -0.39 is 17.4 Å². The van der Waals surface area contributed by atoms with Crippen LogP contribution in [-0.2, 0) is 9.53 Å². The monoisotopic (exact) mass is 253 g/mol. The van der Waals surface area contributed by atoms with Gasteiger partial charge < -0.3 is 20.3 Å². The molecule has 0 saturated carbocycles. The third-order valence-corrected chi connectivity index (χ3v) is 3.07. The van der Waals surface area contributed by atoms with E-state index in [1.165, 1.54) is 14.2 Å². The Hall–Kier alpha value is -1.75. The Morgan fingerprint density at radius 1 is 1.39 bits per heavy atom. The topological polar surface area (TPSA) is 81.8 Å². The highest BCUT2D eigenvalue weighted by molar-refractivity contribution is 5.77. The summed E-state index contributed by atoms with van der Waals surface area (Å²) < 4.78 is 9.74. The summed E-state index contributed by atoms with van der Waals surface area (Å²) in [4.78, 5) is 11.7. The molecular formula is C13H19NO4. The maximum atomic E-state index is 11.7. The van der Waals surface area contributed by atoms with Crippen LogP contribution in [0.1, 0.15) is 25.5 Å². The second-order valence-electron chi connectivity index (χ2n) is 4.59. The maximum absolute atomic E-state index is 11.7. The van der Waals surface area contributed by atoms with Crippen molar-refractivity contribution in [1.29, 1.82) is 0 Å². The van der Waals surface area contributed by atoms with Gasteiger partial charge in [0.2, 0.25) is 0 Å². The van der Waals surface area contributed by atoms with Crippen molar-refractivity contribution in [2.24, 2.45) is 11.1 Å². The first kappa shape index (κ1) is 14.3. The molecule has 5 heteroatoms. The molecular weight excluding hydrogens is 234 g/mol. The van der Waals surface area contributed by atoms with Gasteiger partial charge in [0, 0.05) is 11.6 Å². The first-order valence-corrected chi connectivity index (χ1v) is 5.56. The summed E-state index contributed by atoms with van der Waals surface area (Å²) in [7, 11) is 2.76. The first-order chi connectivity index (χ1) is 8.36. The highest BCUT2D eigenvalue weighted by Crippen LogP contribution is 2.40. The van der Waals surface area contributed by atoms with Crippen LogP contribution < -0.4 is 10.5 Å². The van der Waals surface area contributed by atoms with E-state index in [1.807, 2.05) is 0 Å². The predicted octanol–water partition coefficient (Wildman–Crippen LogP) is 1.60. The zero-order valence-electron chi connectivity index (χ0n) is 11.1. The molecule has 0 aliphatic carbocycles. The lowest BCUT2D eigenvalue weighted by Crippen LogP contribution is -2.37. The number of nitrogens with two attached hydrogens (primary N) is 1. The van der Waals surface area contributed by atoms with Gasteiger partial charge in [-0.2, -0.15) is 0 Å². The zero-order valence-corrected chi connectivity index (χ0v) is 11.1. The Bertz CT molecular complexity index is 443. The molecule has 3 N–H and O–H groups in total. The largest absolute Gasteiger partial charge is 0.504 e. The molecule has 0 bridgehead atoms. The van der Waals surface area contributed by atoms with Gasteiger partial charge in [-0.15, -0.1) is 0 Å². The van der Waals surface area contributed by atoms with Crippen LogP contribution in [0.15, 0.2) is 18.2 Å². The number of para-hydroxylation sites is 1. The molecule has 0 aliphatic heterocycles. The fourth-order valence-electron chi connectivity index (χ4n) is 1.73. The van der Waals surface area contributed by atoms with E-state index in [9.17, 15) is 9.90 Å². The molecule has 0 aliphatic rings. The number of carbonyl (C=O) groups excluding carboxylic acids is 1. The molecule has 1 aromatic rings. The Morgan fingerprint density at radius 2 is 2.00 bits per heavy atom. The van der Waals surface area contributed by atoms with E-state index >= 15 is 0 Å². The molecule has 100 valence electrons. The summed E-state index contributed by atoms with van der Waals surface area (Å²) in [6.07, 6.45) is 0. The van der Waals surface area contributed by atoms with Gasteiger partial charge in [0.15, 0.2) is 11.5 Å². The molecule has 0 unspecified atom stereocenters. The molecule has 0 heterocycles. The summed E-state index contributed by atoms with van der Waals surface area (Å²) in [5.41, 5.74) is 5.56. The predicted molar refractivity (Wildman–Crippen MR) is 67.4 cm³/mol. The van der Waals surface area contributed by atoms with Crippen molar-refractivity contribution < 1.29 is 19.4 Å². The van der Waals surface area contributed by atoms with Gasteiger partial charge in [-0.3, -0.25) is 4.79 Å². The molecule has 1 rings (SSSR count). The highest BCUT2D eigenvalue weighted by Gasteiger charge is 2.38. The SMILES string of the molecule is COC(=O)C(C)(C)[C@H](N)c1cccc(OC)c1O. The number of methoxy groups -OCH3 is 2. The van der Waals surface area contributed by atoms with E-state index in [-0.39, 0.29) is 5.75 Å². The fourth-order valence-corrected chi connectivity index (χ4v) is 1.73. The second kappa shape index (κ2) is 5.27. The van der Waals surface area contributed by atoms with Gasteiger partial charge in [-0.05, 0) is 19.9 Å². The van der Waals surface area contributed by atoms with E-state index in [4.69, 9.17) is 15.2 Å². The van der Waals surface area contributed by atoms with Crippen LogP contribution in [0.2, 0.25) is 0 Å². The number of phenolic OH excluding ortho intramolecular Hbond substituents is 1. The number of benzene rings is 1. The summed E-state index contributed by atoms with van der Waals surface area (Å²) in [5.74, 6) is -0.162. The number of esters is 1.